The molecule has 0 saturated heterocycles. The molecule has 82 valence electrons. The number of hydrogen-bond donors (Lipinski definition) is 0. The number of rotatable bonds is 3. The van der Waals surface area contributed by atoms with Crippen LogP contribution in [0.25, 0.3) is 0 Å². The summed E-state index contributed by atoms with van der Waals surface area (Å²) in [5, 5.41) is 5.58. The highest BCUT2D eigenvalue weighted by atomic mass is 32.2. The summed E-state index contributed by atoms with van der Waals surface area (Å²) in [6.07, 6.45) is 3.84. The maximum absolute atomic E-state index is 10.6. The molecule has 0 aliphatic rings. The minimum atomic E-state index is 0.583. The minimum Gasteiger partial charge on any atom is -0.298 e. The molecule has 0 radical (unpaired) electrons. The molecule has 0 amide bonds. The zero-order valence-corrected chi connectivity index (χ0v) is 9.73. The van der Waals surface area contributed by atoms with E-state index in [0.717, 1.165) is 22.0 Å². The van der Waals surface area contributed by atoms with E-state index in [2.05, 4.69) is 15.1 Å². The quantitative estimate of drug-likeness (QED) is 0.753. The number of carbonyl (C=O) groups excluding carboxylic acids is 1. The van der Waals surface area contributed by atoms with Gasteiger partial charge in [0.15, 0.2) is 11.4 Å². The average Bonchev–Trinajstić information content (AvgIpc) is 2.67. The molecule has 0 saturated carbocycles. The standard InChI is InChI=1S/C10H10N4OS/c1-7-3-8(5-15)4-11-9(7)16-10-12-6-13-14(10)2/h3-6H,1-2H3. The largest absolute Gasteiger partial charge is 0.298 e. The molecule has 2 aromatic heterocycles. The Labute approximate surface area is 96.9 Å². The molecule has 2 aromatic rings. The van der Waals surface area contributed by atoms with Crippen LogP contribution in [0.4, 0.5) is 0 Å². The van der Waals surface area contributed by atoms with Crippen LogP contribution in [0.5, 0.6) is 0 Å². The second-order valence-electron chi connectivity index (χ2n) is 3.28. The summed E-state index contributed by atoms with van der Waals surface area (Å²) in [6, 6.07) is 1.80. The van der Waals surface area contributed by atoms with Crippen molar-refractivity contribution in [3.05, 3.63) is 29.7 Å². The summed E-state index contributed by atoms with van der Waals surface area (Å²) in [6.45, 7) is 1.92. The lowest BCUT2D eigenvalue weighted by Crippen LogP contribution is -1.95. The van der Waals surface area contributed by atoms with E-state index in [4.69, 9.17) is 0 Å². The van der Waals surface area contributed by atoms with Gasteiger partial charge in [-0.3, -0.25) is 4.79 Å². The normalized spacial score (nSPS) is 10.4. The van der Waals surface area contributed by atoms with E-state index in [1.165, 1.54) is 18.1 Å². The van der Waals surface area contributed by atoms with E-state index in [9.17, 15) is 4.79 Å². The molecular formula is C10H10N4OS. The summed E-state index contributed by atoms with van der Waals surface area (Å²) in [7, 11) is 1.82. The smallest absolute Gasteiger partial charge is 0.192 e. The number of nitrogens with zero attached hydrogens (tertiary/aromatic N) is 4. The molecule has 0 aliphatic heterocycles. The third-order valence-corrected chi connectivity index (χ3v) is 3.22. The van der Waals surface area contributed by atoms with Crippen LogP contribution in [0, 0.1) is 6.92 Å². The van der Waals surface area contributed by atoms with Gasteiger partial charge >= 0.3 is 0 Å². The lowest BCUT2D eigenvalue weighted by atomic mass is 10.2. The third kappa shape index (κ3) is 2.11. The first-order valence-electron chi connectivity index (χ1n) is 4.64. The minimum absolute atomic E-state index is 0.583. The first-order chi connectivity index (χ1) is 7.70. The first-order valence-corrected chi connectivity index (χ1v) is 5.46. The van der Waals surface area contributed by atoms with Crippen LogP contribution in [0.1, 0.15) is 15.9 Å². The van der Waals surface area contributed by atoms with Gasteiger partial charge in [-0.25, -0.2) is 14.6 Å². The van der Waals surface area contributed by atoms with Gasteiger partial charge in [-0.1, -0.05) is 0 Å². The zero-order valence-electron chi connectivity index (χ0n) is 8.91. The molecule has 0 bridgehead atoms. The van der Waals surface area contributed by atoms with Crippen LogP contribution < -0.4 is 0 Å². The molecule has 16 heavy (non-hydrogen) atoms. The van der Waals surface area contributed by atoms with Crippen molar-refractivity contribution >= 4 is 18.0 Å². The van der Waals surface area contributed by atoms with Crippen LogP contribution in [0.2, 0.25) is 0 Å². The van der Waals surface area contributed by atoms with E-state index in [0.29, 0.717) is 5.56 Å². The molecule has 5 nitrogen and oxygen atoms in total. The SMILES string of the molecule is Cc1cc(C=O)cnc1Sc1ncnn1C. The van der Waals surface area contributed by atoms with Crippen molar-refractivity contribution < 1.29 is 4.79 Å². The number of pyridine rings is 1. The van der Waals surface area contributed by atoms with Crippen LogP contribution in [0.15, 0.2) is 28.8 Å². The molecule has 0 unspecified atom stereocenters. The first kappa shape index (κ1) is 10.8. The highest BCUT2D eigenvalue weighted by Gasteiger charge is 2.07. The Bertz CT molecular complexity index is 523. The Balaban J connectivity index is 2.29. The van der Waals surface area contributed by atoms with Crippen LogP contribution in [-0.2, 0) is 7.05 Å². The van der Waals surface area contributed by atoms with Crippen molar-refractivity contribution in [2.24, 2.45) is 7.05 Å². The predicted molar refractivity (Wildman–Crippen MR) is 59.5 cm³/mol. The Morgan fingerprint density at radius 2 is 2.25 bits per heavy atom. The van der Waals surface area contributed by atoms with Crippen LogP contribution in [-0.4, -0.2) is 26.0 Å². The summed E-state index contributed by atoms with van der Waals surface area (Å²) >= 11 is 1.43. The summed E-state index contributed by atoms with van der Waals surface area (Å²) in [5.74, 6) is 0. The van der Waals surface area contributed by atoms with Gasteiger partial charge in [-0.05, 0) is 30.3 Å². The zero-order chi connectivity index (χ0) is 11.5. The average molecular weight is 234 g/mol. The van der Waals surface area contributed by atoms with Crippen molar-refractivity contribution in [2.75, 3.05) is 0 Å². The Morgan fingerprint density at radius 3 is 2.81 bits per heavy atom. The lowest BCUT2D eigenvalue weighted by molar-refractivity contribution is 0.112. The van der Waals surface area contributed by atoms with E-state index < -0.39 is 0 Å². The van der Waals surface area contributed by atoms with E-state index in [-0.39, 0.29) is 0 Å². The van der Waals surface area contributed by atoms with Gasteiger partial charge in [0.1, 0.15) is 11.4 Å². The second kappa shape index (κ2) is 4.44. The summed E-state index contributed by atoms with van der Waals surface area (Å²) < 4.78 is 1.68. The van der Waals surface area contributed by atoms with Crippen molar-refractivity contribution in [3.8, 4) is 0 Å². The molecule has 0 aromatic carbocycles. The van der Waals surface area contributed by atoms with Crippen molar-refractivity contribution in [3.63, 3.8) is 0 Å². The summed E-state index contributed by atoms with van der Waals surface area (Å²) in [4.78, 5) is 18.9. The number of hydrogen-bond acceptors (Lipinski definition) is 5. The maximum atomic E-state index is 10.6. The molecule has 0 spiro atoms. The second-order valence-corrected chi connectivity index (χ2v) is 4.23. The molecular weight excluding hydrogens is 224 g/mol. The molecule has 2 heterocycles. The highest BCUT2D eigenvalue weighted by Crippen LogP contribution is 2.26. The van der Waals surface area contributed by atoms with Crippen molar-refractivity contribution in [1.82, 2.24) is 19.7 Å². The number of aldehydes is 1. The van der Waals surface area contributed by atoms with Gasteiger partial charge in [0, 0.05) is 18.8 Å². The molecule has 0 atom stereocenters. The number of carbonyl (C=O) groups is 1. The van der Waals surface area contributed by atoms with Gasteiger partial charge in [-0.15, -0.1) is 0 Å². The molecule has 0 fully saturated rings. The van der Waals surface area contributed by atoms with Crippen LogP contribution >= 0.6 is 11.8 Å². The molecule has 0 N–H and O–H groups in total. The van der Waals surface area contributed by atoms with Crippen molar-refractivity contribution in [1.29, 1.82) is 0 Å². The Hall–Kier alpha value is -1.69. The molecule has 2 rings (SSSR count). The number of aromatic nitrogens is 4. The lowest BCUT2D eigenvalue weighted by Gasteiger charge is -2.03. The predicted octanol–water partition coefficient (Wildman–Crippen LogP) is 1.48. The van der Waals surface area contributed by atoms with Gasteiger partial charge in [-0.2, -0.15) is 5.10 Å². The van der Waals surface area contributed by atoms with Gasteiger partial charge in [0.05, 0.1) is 0 Å². The fraction of sp³-hybridized carbons (Fsp3) is 0.200. The molecule has 6 heteroatoms. The summed E-state index contributed by atoms with van der Waals surface area (Å²) in [5.41, 5.74) is 1.54. The van der Waals surface area contributed by atoms with E-state index in [1.54, 1.807) is 16.9 Å². The van der Waals surface area contributed by atoms with E-state index >= 15 is 0 Å². The molecule has 0 aliphatic carbocycles. The van der Waals surface area contributed by atoms with E-state index in [1.807, 2.05) is 14.0 Å². The van der Waals surface area contributed by atoms with Crippen LogP contribution in [0.3, 0.4) is 0 Å². The fourth-order valence-electron chi connectivity index (χ4n) is 1.22. The fourth-order valence-corrected chi connectivity index (χ4v) is 2.00. The maximum Gasteiger partial charge on any atom is 0.192 e. The van der Waals surface area contributed by atoms with Crippen molar-refractivity contribution in [2.45, 2.75) is 17.1 Å². The third-order valence-electron chi connectivity index (χ3n) is 2.05. The van der Waals surface area contributed by atoms with Gasteiger partial charge in [0.25, 0.3) is 0 Å². The monoisotopic (exact) mass is 234 g/mol. The van der Waals surface area contributed by atoms with Gasteiger partial charge < -0.3 is 0 Å². The Kier molecular flexibility index (Phi) is 3.00. The van der Waals surface area contributed by atoms with Gasteiger partial charge in [0.2, 0.25) is 0 Å². The highest BCUT2D eigenvalue weighted by molar-refractivity contribution is 7.99. The topological polar surface area (TPSA) is 60.7 Å². The Morgan fingerprint density at radius 1 is 1.44 bits per heavy atom. The number of aryl methyl sites for hydroxylation is 2.